The second-order valence-corrected chi connectivity index (χ2v) is 13.7. The van der Waals surface area contributed by atoms with Gasteiger partial charge in [0.05, 0.1) is 25.2 Å². The summed E-state index contributed by atoms with van der Waals surface area (Å²) in [5.74, 6) is -0.672. The third-order valence-corrected chi connectivity index (χ3v) is 11.6. The molecule has 0 heterocycles. The lowest BCUT2D eigenvalue weighted by atomic mass is 9.79. The predicted molar refractivity (Wildman–Crippen MR) is 122 cm³/mol. The minimum absolute atomic E-state index is 0.0624. The molecule has 5 heteroatoms. The molecule has 162 valence electrons. The van der Waals surface area contributed by atoms with Gasteiger partial charge in [0.2, 0.25) is 0 Å². The van der Waals surface area contributed by atoms with Crippen LogP contribution in [0.3, 0.4) is 0 Å². The molecule has 2 aromatic carbocycles. The van der Waals surface area contributed by atoms with Gasteiger partial charge in [0.25, 0.3) is 8.32 Å². The summed E-state index contributed by atoms with van der Waals surface area (Å²) in [7, 11) is -1.34. The molecule has 0 amide bonds. The predicted octanol–water partition coefficient (Wildman–Crippen LogP) is 3.51. The van der Waals surface area contributed by atoms with Crippen LogP contribution in [0, 0.1) is 11.8 Å². The van der Waals surface area contributed by atoms with Crippen LogP contribution < -0.4 is 10.4 Å². The molecule has 1 N–H and O–H groups in total. The number of esters is 1. The third kappa shape index (κ3) is 4.24. The molecule has 0 aromatic heterocycles. The molecule has 1 fully saturated rings. The van der Waals surface area contributed by atoms with Gasteiger partial charge in [-0.05, 0) is 28.3 Å². The summed E-state index contributed by atoms with van der Waals surface area (Å²) < 4.78 is 12.2. The van der Waals surface area contributed by atoms with E-state index in [0.29, 0.717) is 12.8 Å². The van der Waals surface area contributed by atoms with Crippen LogP contribution in [0.1, 0.15) is 40.5 Å². The Bertz CT molecular complexity index is 792. The van der Waals surface area contributed by atoms with Crippen molar-refractivity contribution in [2.75, 3.05) is 7.11 Å². The van der Waals surface area contributed by atoms with Crippen LogP contribution in [0.25, 0.3) is 0 Å². The number of methoxy groups -OCH3 is 1. The molecule has 4 atom stereocenters. The molecule has 0 saturated heterocycles. The summed E-state index contributed by atoms with van der Waals surface area (Å²) in [5, 5.41) is 13.0. The first kappa shape index (κ1) is 22.7. The first-order valence-corrected chi connectivity index (χ1v) is 12.7. The Morgan fingerprint density at radius 1 is 0.967 bits per heavy atom. The van der Waals surface area contributed by atoms with Gasteiger partial charge in [0.1, 0.15) is 0 Å². The average molecular weight is 427 g/mol. The maximum atomic E-state index is 12.3. The maximum absolute atomic E-state index is 12.3. The molecule has 0 aliphatic heterocycles. The standard InChI is InChI=1S/C25H34O4Si/c1-18-22(26)16-19(24(27)28-5)17-23(18)29-30(25(2,3)4,20-12-8-6-9-13-20)21-14-10-7-11-15-21/h6-15,18-19,22-23,26H,16-17H2,1-5H3/t18-,19+,22-,23-/m1/s1. The van der Waals surface area contributed by atoms with Gasteiger partial charge in [-0.3, -0.25) is 4.79 Å². The van der Waals surface area contributed by atoms with Gasteiger partial charge in [-0.15, -0.1) is 0 Å². The van der Waals surface area contributed by atoms with Crippen molar-refractivity contribution in [3.63, 3.8) is 0 Å². The molecule has 0 unspecified atom stereocenters. The first-order valence-electron chi connectivity index (χ1n) is 10.8. The number of aliphatic hydroxyl groups is 1. The van der Waals surface area contributed by atoms with Crippen molar-refractivity contribution in [3.8, 4) is 0 Å². The maximum Gasteiger partial charge on any atom is 0.308 e. The van der Waals surface area contributed by atoms with Gasteiger partial charge < -0.3 is 14.3 Å². The van der Waals surface area contributed by atoms with Crippen LogP contribution in [0.5, 0.6) is 0 Å². The number of benzene rings is 2. The fraction of sp³-hybridized carbons (Fsp3) is 0.480. The smallest absolute Gasteiger partial charge is 0.308 e. The van der Waals surface area contributed by atoms with Gasteiger partial charge >= 0.3 is 5.97 Å². The molecule has 3 rings (SSSR count). The molecular formula is C25H34O4Si. The van der Waals surface area contributed by atoms with Crippen molar-refractivity contribution in [3.05, 3.63) is 60.7 Å². The van der Waals surface area contributed by atoms with Crippen LogP contribution in [-0.2, 0) is 14.0 Å². The molecular weight excluding hydrogens is 392 g/mol. The molecule has 1 aliphatic carbocycles. The van der Waals surface area contributed by atoms with Gasteiger partial charge in [-0.25, -0.2) is 0 Å². The topological polar surface area (TPSA) is 55.8 Å². The molecule has 2 aromatic rings. The Hall–Kier alpha value is -1.95. The number of rotatable bonds is 5. The van der Waals surface area contributed by atoms with Crippen molar-refractivity contribution in [1.82, 2.24) is 0 Å². The Labute approximate surface area is 181 Å². The van der Waals surface area contributed by atoms with Crippen molar-refractivity contribution >= 4 is 24.7 Å². The summed E-state index contributed by atoms with van der Waals surface area (Å²) in [6, 6.07) is 20.9. The van der Waals surface area contributed by atoms with Crippen LogP contribution in [0.15, 0.2) is 60.7 Å². The lowest BCUT2D eigenvalue weighted by Crippen LogP contribution is -2.68. The number of hydrogen-bond acceptors (Lipinski definition) is 4. The zero-order valence-electron chi connectivity index (χ0n) is 18.7. The van der Waals surface area contributed by atoms with Crippen LogP contribution in [-0.4, -0.2) is 38.7 Å². The fourth-order valence-electron chi connectivity index (χ4n) is 4.78. The van der Waals surface area contributed by atoms with Gasteiger partial charge in [-0.1, -0.05) is 88.4 Å². The fourth-order valence-corrected chi connectivity index (χ4v) is 9.56. The Morgan fingerprint density at radius 2 is 1.47 bits per heavy atom. The van der Waals surface area contributed by atoms with Crippen molar-refractivity contribution in [1.29, 1.82) is 0 Å². The van der Waals surface area contributed by atoms with Crippen LogP contribution in [0.4, 0.5) is 0 Å². The minimum atomic E-state index is -2.75. The molecule has 0 bridgehead atoms. The summed E-state index contributed by atoms with van der Waals surface area (Å²) in [6.45, 7) is 8.74. The summed E-state index contributed by atoms with van der Waals surface area (Å²) in [6.07, 6.45) is 0.166. The summed E-state index contributed by atoms with van der Waals surface area (Å²) in [5.41, 5.74) is 0. The highest BCUT2D eigenvalue weighted by Gasteiger charge is 2.53. The largest absolute Gasteiger partial charge is 0.469 e. The zero-order chi connectivity index (χ0) is 21.9. The lowest BCUT2D eigenvalue weighted by Gasteiger charge is -2.48. The lowest BCUT2D eigenvalue weighted by molar-refractivity contribution is -0.151. The SMILES string of the molecule is COC(=O)[C@H]1C[C@@H](O)[C@@H](C)[C@H](O[Si](c2ccccc2)(c2ccccc2)C(C)(C)C)C1. The average Bonchev–Trinajstić information content (AvgIpc) is 2.74. The highest BCUT2D eigenvalue weighted by molar-refractivity contribution is 6.99. The molecule has 30 heavy (non-hydrogen) atoms. The molecule has 1 aliphatic rings. The second kappa shape index (κ2) is 9.04. The number of carbonyl (C=O) groups is 1. The van der Waals surface area contributed by atoms with Crippen LogP contribution in [0.2, 0.25) is 5.04 Å². The number of ether oxygens (including phenoxy) is 1. The molecule has 0 spiro atoms. The normalized spacial score (nSPS) is 25.0. The first-order chi connectivity index (χ1) is 14.2. The van der Waals surface area contributed by atoms with E-state index in [1.54, 1.807) is 0 Å². The van der Waals surface area contributed by atoms with E-state index in [2.05, 4.69) is 69.3 Å². The van der Waals surface area contributed by atoms with Crippen molar-refractivity contribution < 1.29 is 19.1 Å². The highest BCUT2D eigenvalue weighted by atomic mass is 28.4. The molecule has 4 nitrogen and oxygen atoms in total. The van der Waals surface area contributed by atoms with E-state index < -0.39 is 14.4 Å². The highest BCUT2D eigenvalue weighted by Crippen LogP contribution is 2.41. The van der Waals surface area contributed by atoms with E-state index in [0.717, 1.165) is 0 Å². The summed E-state index contributed by atoms with van der Waals surface area (Å²) in [4.78, 5) is 12.3. The third-order valence-electron chi connectivity index (χ3n) is 6.52. The Kier molecular flexibility index (Phi) is 6.85. The van der Waals surface area contributed by atoms with E-state index >= 15 is 0 Å². The summed E-state index contributed by atoms with van der Waals surface area (Å²) >= 11 is 0. The number of aliphatic hydroxyl groups excluding tert-OH is 1. The van der Waals surface area contributed by atoms with Gasteiger partial charge in [0.15, 0.2) is 0 Å². The van der Waals surface area contributed by atoms with E-state index in [1.165, 1.54) is 17.5 Å². The van der Waals surface area contributed by atoms with Crippen molar-refractivity contribution in [2.24, 2.45) is 11.8 Å². The van der Waals surface area contributed by atoms with E-state index in [-0.39, 0.29) is 28.9 Å². The Morgan fingerprint density at radius 3 is 1.90 bits per heavy atom. The minimum Gasteiger partial charge on any atom is -0.469 e. The second-order valence-electron chi connectivity index (χ2n) is 9.44. The molecule has 1 saturated carbocycles. The molecule has 0 radical (unpaired) electrons. The number of hydrogen-bond donors (Lipinski definition) is 1. The number of carbonyl (C=O) groups excluding carboxylic acids is 1. The quantitative estimate of drug-likeness (QED) is 0.587. The van der Waals surface area contributed by atoms with Gasteiger partial charge in [-0.2, -0.15) is 0 Å². The van der Waals surface area contributed by atoms with Gasteiger partial charge in [0, 0.05) is 5.92 Å². The van der Waals surface area contributed by atoms with E-state index in [4.69, 9.17) is 9.16 Å². The van der Waals surface area contributed by atoms with E-state index in [9.17, 15) is 9.90 Å². The van der Waals surface area contributed by atoms with E-state index in [1.807, 2.05) is 19.1 Å². The Balaban J connectivity index is 2.12. The zero-order valence-corrected chi connectivity index (χ0v) is 19.7. The van der Waals surface area contributed by atoms with Crippen molar-refractivity contribution in [2.45, 2.75) is 57.8 Å². The van der Waals surface area contributed by atoms with Crippen LogP contribution >= 0.6 is 0 Å². The monoisotopic (exact) mass is 426 g/mol.